The number of nitrogens with zero attached hydrogens (tertiary/aromatic N) is 3. The third kappa shape index (κ3) is 5.03. The van der Waals surface area contributed by atoms with E-state index in [1.807, 2.05) is 32.0 Å². The van der Waals surface area contributed by atoms with Crippen LogP contribution in [0, 0.1) is 25.2 Å². The third-order valence-electron chi connectivity index (χ3n) is 5.69. The van der Waals surface area contributed by atoms with Crippen LogP contribution in [-0.2, 0) is 11.0 Å². The first-order valence-electron chi connectivity index (χ1n) is 10.3. The van der Waals surface area contributed by atoms with E-state index in [2.05, 4.69) is 10.6 Å². The summed E-state index contributed by atoms with van der Waals surface area (Å²) in [6.45, 7) is 4.07. The van der Waals surface area contributed by atoms with Gasteiger partial charge in [0.15, 0.2) is 0 Å². The van der Waals surface area contributed by atoms with Crippen LogP contribution in [0.4, 0.5) is 29.3 Å². The minimum atomic E-state index is -4.71. The van der Waals surface area contributed by atoms with Crippen molar-refractivity contribution in [3.63, 3.8) is 0 Å². The second kappa shape index (κ2) is 9.40. The highest BCUT2D eigenvalue weighted by Crippen LogP contribution is 2.35. The summed E-state index contributed by atoms with van der Waals surface area (Å²) in [6, 6.07) is 9.24. The number of para-hydroxylation sites is 1. The topological polar surface area (TPSA) is 88.5 Å². The minimum Gasteiger partial charge on any atom is -0.357 e. The van der Waals surface area contributed by atoms with Gasteiger partial charge in [0.2, 0.25) is 5.91 Å². The molecule has 0 saturated carbocycles. The number of hydrogen-bond donors (Lipinski definition) is 2. The Kier molecular flexibility index (Phi) is 6.81. The van der Waals surface area contributed by atoms with Gasteiger partial charge in [-0.3, -0.25) is 4.79 Å². The maximum absolute atomic E-state index is 13.4. The van der Waals surface area contributed by atoms with Crippen LogP contribution < -0.4 is 15.5 Å². The van der Waals surface area contributed by atoms with Gasteiger partial charge in [-0.05, 0) is 43.2 Å². The molecule has 174 valence electrons. The largest absolute Gasteiger partial charge is 0.417 e. The molecule has 10 heteroatoms. The van der Waals surface area contributed by atoms with E-state index < -0.39 is 35.3 Å². The van der Waals surface area contributed by atoms with E-state index in [4.69, 9.17) is 5.26 Å². The highest BCUT2D eigenvalue weighted by atomic mass is 19.4. The molecule has 3 amide bonds. The Morgan fingerprint density at radius 1 is 1.12 bits per heavy atom. The second-order valence-corrected chi connectivity index (χ2v) is 7.81. The van der Waals surface area contributed by atoms with E-state index in [0.717, 1.165) is 23.3 Å². The van der Waals surface area contributed by atoms with Gasteiger partial charge in [-0.2, -0.15) is 18.4 Å². The van der Waals surface area contributed by atoms with Crippen LogP contribution in [0.2, 0.25) is 0 Å². The highest BCUT2D eigenvalue weighted by molar-refractivity contribution is 5.93. The van der Waals surface area contributed by atoms with Gasteiger partial charge in [0.1, 0.15) is 6.04 Å². The Hall–Kier alpha value is -3.74. The average Bonchev–Trinajstić information content (AvgIpc) is 2.79. The highest BCUT2D eigenvalue weighted by Gasteiger charge is 2.37. The fraction of sp³-hybridized carbons (Fsp3) is 0.348. The summed E-state index contributed by atoms with van der Waals surface area (Å²) in [6.07, 6.45) is -4.71. The number of carbonyl (C=O) groups is 2. The van der Waals surface area contributed by atoms with E-state index in [-0.39, 0.29) is 25.3 Å². The van der Waals surface area contributed by atoms with Crippen molar-refractivity contribution in [1.82, 2.24) is 10.2 Å². The Labute approximate surface area is 189 Å². The fourth-order valence-electron chi connectivity index (χ4n) is 3.91. The van der Waals surface area contributed by atoms with Crippen molar-refractivity contribution in [3.05, 3.63) is 58.7 Å². The number of nitrogens with one attached hydrogen (secondary N) is 2. The standard InChI is InChI=1S/C23H24F3N5O2/c1-14-5-4-6-15(2)20(14)29-22(33)30-9-10-31(19(13-30)21(32)28-3)17-8-7-16(12-27)18(11-17)23(24,25)26/h4-8,11,19H,9-10,13H2,1-3H3,(H,28,32)(H,29,33). The van der Waals surface area contributed by atoms with Crippen molar-refractivity contribution in [3.8, 4) is 6.07 Å². The molecular weight excluding hydrogens is 435 g/mol. The molecule has 1 atom stereocenters. The zero-order valence-electron chi connectivity index (χ0n) is 18.5. The number of nitriles is 1. The second-order valence-electron chi connectivity index (χ2n) is 7.81. The zero-order valence-corrected chi connectivity index (χ0v) is 18.5. The van der Waals surface area contributed by atoms with Crippen LogP contribution in [0.15, 0.2) is 36.4 Å². The Bertz CT molecular complexity index is 1090. The molecule has 1 heterocycles. The lowest BCUT2D eigenvalue weighted by Crippen LogP contribution is -2.60. The van der Waals surface area contributed by atoms with Crippen molar-refractivity contribution >= 4 is 23.3 Å². The first kappa shape index (κ1) is 23.9. The Morgan fingerprint density at radius 2 is 1.79 bits per heavy atom. The first-order valence-corrected chi connectivity index (χ1v) is 10.3. The molecule has 0 spiro atoms. The van der Waals surface area contributed by atoms with Crippen LogP contribution in [-0.4, -0.2) is 49.6 Å². The molecule has 7 nitrogen and oxygen atoms in total. The van der Waals surface area contributed by atoms with Crippen molar-refractivity contribution in [2.45, 2.75) is 26.1 Å². The molecule has 1 unspecified atom stereocenters. The number of amides is 3. The molecule has 1 aliphatic rings. The van der Waals surface area contributed by atoms with E-state index in [1.165, 1.54) is 22.9 Å². The lowest BCUT2D eigenvalue weighted by Gasteiger charge is -2.41. The van der Waals surface area contributed by atoms with Crippen LogP contribution in [0.25, 0.3) is 0 Å². The molecule has 0 aromatic heterocycles. The maximum atomic E-state index is 13.4. The summed E-state index contributed by atoms with van der Waals surface area (Å²) < 4.78 is 40.3. The van der Waals surface area contributed by atoms with Gasteiger partial charge >= 0.3 is 12.2 Å². The predicted molar refractivity (Wildman–Crippen MR) is 118 cm³/mol. The lowest BCUT2D eigenvalue weighted by molar-refractivity contribution is -0.137. The van der Waals surface area contributed by atoms with Gasteiger partial charge in [-0.15, -0.1) is 0 Å². The number of hydrogen-bond acceptors (Lipinski definition) is 4. The monoisotopic (exact) mass is 459 g/mol. The molecule has 2 aromatic carbocycles. The molecule has 0 aliphatic carbocycles. The van der Waals surface area contributed by atoms with E-state index >= 15 is 0 Å². The van der Waals surface area contributed by atoms with Crippen LogP contribution >= 0.6 is 0 Å². The van der Waals surface area contributed by atoms with E-state index in [9.17, 15) is 22.8 Å². The lowest BCUT2D eigenvalue weighted by atomic mass is 10.0. The molecule has 3 rings (SSSR count). The number of likely N-dealkylation sites (N-methyl/N-ethyl adjacent to an activating group) is 1. The summed E-state index contributed by atoms with van der Waals surface area (Å²) in [7, 11) is 1.43. The number of benzene rings is 2. The van der Waals surface area contributed by atoms with Crippen LogP contribution in [0.1, 0.15) is 22.3 Å². The summed E-state index contributed by atoms with van der Waals surface area (Å²) in [4.78, 5) is 28.5. The van der Waals surface area contributed by atoms with Crippen molar-refractivity contribution in [2.75, 3.05) is 36.9 Å². The molecule has 1 aliphatic heterocycles. The first-order chi connectivity index (χ1) is 15.6. The van der Waals surface area contributed by atoms with Gasteiger partial charge in [0, 0.05) is 31.5 Å². The number of rotatable bonds is 3. The zero-order chi connectivity index (χ0) is 24.3. The molecular formula is C23H24F3N5O2. The smallest absolute Gasteiger partial charge is 0.357 e. The van der Waals surface area contributed by atoms with Crippen LogP contribution in [0.5, 0.6) is 0 Å². The summed E-state index contributed by atoms with van der Waals surface area (Å²) in [5.74, 6) is -0.433. The molecule has 1 saturated heterocycles. The molecule has 2 N–H and O–H groups in total. The van der Waals surface area contributed by atoms with Gasteiger partial charge in [-0.25, -0.2) is 4.79 Å². The normalized spacial score (nSPS) is 16.2. The molecule has 1 fully saturated rings. The Balaban J connectivity index is 1.87. The minimum absolute atomic E-state index is 0.0161. The molecule has 2 aromatic rings. The van der Waals surface area contributed by atoms with Crippen molar-refractivity contribution in [1.29, 1.82) is 5.26 Å². The van der Waals surface area contributed by atoms with Crippen molar-refractivity contribution in [2.24, 2.45) is 0 Å². The molecule has 0 radical (unpaired) electrons. The van der Waals surface area contributed by atoms with E-state index in [0.29, 0.717) is 5.69 Å². The predicted octanol–water partition coefficient (Wildman–Crippen LogP) is 3.66. The summed E-state index contributed by atoms with van der Waals surface area (Å²) in [5, 5.41) is 14.4. The van der Waals surface area contributed by atoms with Crippen molar-refractivity contribution < 1.29 is 22.8 Å². The summed E-state index contributed by atoms with van der Waals surface area (Å²) in [5.41, 5.74) is 1.07. The number of aryl methyl sites for hydroxylation is 2. The van der Waals surface area contributed by atoms with Gasteiger partial charge in [0.25, 0.3) is 0 Å². The van der Waals surface area contributed by atoms with Gasteiger partial charge in [-0.1, -0.05) is 18.2 Å². The fourth-order valence-corrected chi connectivity index (χ4v) is 3.91. The number of alkyl halides is 3. The molecule has 33 heavy (non-hydrogen) atoms. The maximum Gasteiger partial charge on any atom is 0.417 e. The van der Waals surface area contributed by atoms with E-state index in [1.54, 1.807) is 6.07 Å². The number of urea groups is 1. The summed E-state index contributed by atoms with van der Waals surface area (Å²) >= 11 is 0. The average molecular weight is 459 g/mol. The van der Waals surface area contributed by atoms with Gasteiger partial charge in [0.05, 0.1) is 23.7 Å². The Morgan fingerprint density at radius 3 is 2.36 bits per heavy atom. The number of piperazine rings is 1. The SMILES string of the molecule is CNC(=O)C1CN(C(=O)Nc2c(C)cccc2C)CCN1c1ccc(C#N)c(C(F)(F)F)c1. The number of carbonyl (C=O) groups excluding carboxylic acids is 2. The number of anilines is 2. The quantitative estimate of drug-likeness (QED) is 0.733. The third-order valence-corrected chi connectivity index (χ3v) is 5.69. The van der Waals surface area contributed by atoms with Crippen LogP contribution in [0.3, 0.4) is 0 Å². The molecule has 0 bridgehead atoms. The van der Waals surface area contributed by atoms with Gasteiger partial charge < -0.3 is 20.4 Å². The number of halogens is 3.